The topological polar surface area (TPSA) is 43.4 Å². The SMILES string of the molecule is COCCCCC(CBr)(CBr)C1CCS(=O)(=O)C1. The van der Waals surface area contributed by atoms with Crippen LogP contribution in [0.2, 0.25) is 0 Å². The Labute approximate surface area is 127 Å². The molecule has 1 saturated heterocycles. The highest BCUT2D eigenvalue weighted by Crippen LogP contribution is 2.43. The van der Waals surface area contributed by atoms with Crippen molar-refractivity contribution in [1.82, 2.24) is 0 Å². The molecule has 0 N–H and O–H groups in total. The summed E-state index contributed by atoms with van der Waals surface area (Å²) in [6.07, 6.45) is 3.98. The Hall–Kier alpha value is 0.870. The van der Waals surface area contributed by atoms with Crippen LogP contribution in [0.1, 0.15) is 25.7 Å². The third-order valence-corrected chi connectivity index (χ3v) is 7.91. The van der Waals surface area contributed by atoms with E-state index in [1.807, 2.05) is 0 Å². The fourth-order valence-electron chi connectivity index (χ4n) is 2.59. The van der Waals surface area contributed by atoms with E-state index < -0.39 is 9.84 Å². The van der Waals surface area contributed by atoms with E-state index in [0.717, 1.165) is 43.0 Å². The van der Waals surface area contributed by atoms with Crippen LogP contribution in [0, 0.1) is 11.3 Å². The van der Waals surface area contributed by atoms with Crippen molar-refractivity contribution >= 4 is 41.7 Å². The Morgan fingerprint density at radius 1 is 1.28 bits per heavy atom. The van der Waals surface area contributed by atoms with Gasteiger partial charge in [0.15, 0.2) is 9.84 Å². The van der Waals surface area contributed by atoms with Crippen LogP contribution in [0.3, 0.4) is 0 Å². The molecule has 0 aromatic carbocycles. The van der Waals surface area contributed by atoms with Crippen molar-refractivity contribution in [2.45, 2.75) is 25.7 Å². The molecule has 0 aliphatic carbocycles. The number of methoxy groups -OCH3 is 1. The maximum Gasteiger partial charge on any atom is 0.150 e. The zero-order valence-corrected chi connectivity index (χ0v) is 14.8. The van der Waals surface area contributed by atoms with Gasteiger partial charge < -0.3 is 4.74 Å². The summed E-state index contributed by atoms with van der Waals surface area (Å²) in [6, 6.07) is 0. The number of alkyl halides is 2. The van der Waals surface area contributed by atoms with Gasteiger partial charge in [-0.25, -0.2) is 8.42 Å². The Morgan fingerprint density at radius 2 is 1.94 bits per heavy atom. The largest absolute Gasteiger partial charge is 0.385 e. The molecule has 0 spiro atoms. The number of sulfone groups is 1. The van der Waals surface area contributed by atoms with Crippen LogP contribution in [-0.2, 0) is 14.6 Å². The lowest BCUT2D eigenvalue weighted by molar-refractivity contribution is 0.176. The highest BCUT2D eigenvalue weighted by Gasteiger charge is 2.42. The monoisotopic (exact) mass is 404 g/mol. The summed E-state index contributed by atoms with van der Waals surface area (Å²) in [4.78, 5) is 0. The average molecular weight is 406 g/mol. The van der Waals surface area contributed by atoms with Crippen molar-refractivity contribution in [3.63, 3.8) is 0 Å². The van der Waals surface area contributed by atoms with Gasteiger partial charge in [0.05, 0.1) is 11.5 Å². The van der Waals surface area contributed by atoms with E-state index in [-0.39, 0.29) is 11.3 Å². The van der Waals surface area contributed by atoms with Crippen LogP contribution < -0.4 is 0 Å². The third kappa shape index (κ3) is 4.46. The summed E-state index contributed by atoms with van der Waals surface area (Å²) in [5.41, 5.74) is 0.0668. The molecule has 0 saturated carbocycles. The van der Waals surface area contributed by atoms with Gasteiger partial charge in [-0.05, 0) is 30.6 Å². The van der Waals surface area contributed by atoms with Gasteiger partial charge in [-0.2, -0.15) is 0 Å². The second kappa shape index (κ2) is 7.60. The van der Waals surface area contributed by atoms with Gasteiger partial charge in [-0.15, -0.1) is 0 Å². The average Bonchev–Trinajstić information content (AvgIpc) is 2.71. The smallest absolute Gasteiger partial charge is 0.150 e. The maximum absolute atomic E-state index is 11.6. The molecule has 18 heavy (non-hydrogen) atoms. The molecular weight excluding hydrogens is 384 g/mol. The molecule has 0 radical (unpaired) electrons. The minimum atomic E-state index is -2.80. The van der Waals surface area contributed by atoms with Gasteiger partial charge in [0.25, 0.3) is 0 Å². The fraction of sp³-hybridized carbons (Fsp3) is 1.00. The van der Waals surface area contributed by atoms with Crippen LogP contribution in [-0.4, -0.2) is 44.3 Å². The van der Waals surface area contributed by atoms with E-state index in [1.54, 1.807) is 7.11 Å². The van der Waals surface area contributed by atoms with E-state index in [4.69, 9.17) is 4.74 Å². The Bertz CT molecular complexity index is 339. The second-order valence-electron chi connectivity index (χ2n) is 5.18. The van der Waals surface area contributed by atoms with E-state index in [9.17, 15) is 8.42 Å². The molecule has 0 bridgehead atoms. The van der Waals surface area contributed by atoms with Crippen LogP contribution >= 0.6 is 31.9 Å². The van der Waals surface area contributed by atoms with Crippen molar-refractivity contribution < 1.29 is 13.2 Å². The fourth-order valence-corrected chi connectivity index (χ4v) is 6.94. The molecule has 6 heteroatoms. The first-order valence-corrected chi connectivity index (χ1v) is 10.4. The molecule has 1 heterocycles. The quantitative estimate of drug-likeness (QED) is 0.460. The Morgan fingerprint density at radius 3 is 2.39 bits per heavy atom. The normalized spacial score (nSPS) is 23.4. The highest BCUT2D eigenvalue weighted by atomic mass is 79.9. The molecule has 1 rings (SSSR count). The molecule has 1 fully saturated rings. The second-order valence-corrected chi connectivity index (χ2v) is 8.53. The first-order chi connectivity index (χ1) is 8.49. The van der Waals surface area contributed by atoms with Crippen molar-refractivity contribution in [3.05, 3.63) is 0 Å². The van der Waals surface area contributed by atoms with Crippen LogP contribution in [0.5, 0.6) is 0 Å². The van der Waals surface area contributed by atoms with Gasteiger partial charge in [-0.3, -0.25) is 0 Å². The lowest BCUT2D eigenvalue weighted by Crippen LogP contribution is -2.35. The maximum atomic E-state index is 11.6. The highest BCUT2D eigenvalue weighted by molar-refractivity contribution is 9.09. The standard InChI is InChI=1S/C12H22Br2O3S/c1-17-6-3-2-5-12(9-13,10-14)11-4-7-18(15,16)8-11/h11H,2-10H2,1H3. The molecule has 0 aromatic heterocycles. The summed E-state index contributed by atoms with van der Waals surface area (Å²) in [7, 11) is -1.09. The zero-order chi connectivity index (χ0) is 13.6. The summed E-state index contributed by atoms with van der Waals surface area (Å²) in [6.45, 7) is 0.781. The first kappa shape index (κ1) is 16.9. The lowest BCUT2D eigenvalue weighted by Gasteiger charge is -2.35. The minimum absolute atomic E-state index is 0.0668. The number of hydrogen-bond donors (Lipinski definition) is 0. The molecule has 1 unspecified atom stereocenters. The van der Waals surface area contributed by atoms with Gasteiger partial charge >= 0.3 is 0 Å². The lowest BCUT2D eigenvalue weighted by atomic mass is 9.75. The van der Waals surface area contributed by atoms with E-state index in [1.165, 1.54) is 0 Å². The molecule has 3 nitrogen and oxygen atoms in total. The van der Waals surface area contributed by atoms with Crippen molar-refractivity contribution in [2.75, 3.05) is 35.9 Å². The summed E-state index contributed by atoms with van der Waals surface area (Å²) in [5, 5.41) is 1.72. The summed E-state index contributed by atoms with van der Waals surface area (Å²) >= 11 is 7.19. The van der Waals surface area contributed by atoms with Crippen molar-refractivity contribution in [3.8, 4) is 0 Å². The number of halogens is 2. The van der Waals surface area contributed by atoms with Crippen molar-refractivity contribution in [2.24, 2.45) is 11.3 Å². The number of ether oxygens (including phenoxy) is 1. The van der Waals surface area contributed by atoms with Gasteiger partial charge in [-0.1, -0.05) is 38.3 Å². The van der Waals surface area contributed by atoms with E-state index >= 15 is 0 Å². The molecule has 0 aromatic rings. The molecular formula is C12H22Br2O3S. The van der Waals surface area contributed by atoms with Crippen LogP contribution in [0.15, 0.2) is 0 Å². The molecule has 108 valence electrons. The summed E-state index contributed by atoms with van der Waals surface area (Å²) < 4.78 is 28.4. The zero-order valence-electron chi connectivity index (χ0n) is 10.8. The number of unbranched alkanes of at least 4 members (excludes halogenated alkanes) is 1. The van der Waals surface area contributed by atoms with Crippen LogP contribution in [0.4, 0.5) is 0 Å². The van der Waals surface area contributed by atoms with E-state index in [0.29, 0.717) is 11.5 Å². The van der Waals surface area contributed by atoms with Gasteiger partial charge in [0.1, 0.15) is 0 Å². The summed E-state index contributed by atoms with van der Waals surface area (Å²) in [5.74, 6) is 0.996. The molecule has 1 aliphatic rings. The minimum Gasteiger partial charge on any atom is -0.385 e. The molecule has 0 amide bonds. The van der Waals surface area contributed by atoms with Gasteiger partial charge in [0, 0.05) is 24.4 Å². The van der Waals surface area contributed by atoms with E-state index in [2.05, 4.69) is 31.9 Å². The van der Waals surface area contributed by atoms with Crippen molar-refractivity contribution in [1.29, 1.82) is 0 Å². The predicted octanol–water partition coefficient (Wildman–Crippen LogP) is 3.01. The number of hydrogen-bond acceptors (Lipinski definition) is 3. The first-order valence-electron chi connectivity index (χ1n) is 6.31. The Kier molecular flexibility index (Phi) is 7.14. The molecule has 1 aliphatic heterocycles. The van der Waals surface area contributed by atoms with Gasteiger partial charge in [0.2, 0.25) is 0 Å². The third-order valence-electron chi connectivity index (χ3n) is 3.90. The number of rotatable bonds is 8. The predicted molar refractivity (Wildman–Crippen MR) is 82.5 cm³/mol. The molecule has 1 atom stereocenters. The Balaban J connectivity index is 2.62. The van der Waals surface area contributed by atoms with Crippen LogP contribution in [0.25, 0.3) is 0 Å².